The minimum atomic E-state index is 0.704. The smallest absolute Gasteiger partial charge is 0.136 e. The van der Waals surface area contributed by atoms with Crippen LogP contribution in [0.1, 0.15) is 0 Å². The molecule has 3 aromatic carbocycles. The molecule has 0 fully saturated rings. The second-order valence-corrected chi connectivity index (χ2v) is 5.27. The van der Waals surface area contributed by atoms with E-state index < -0.39 is 0 Å². The van der Waals surface area contributed by atoms with Crippen molar-refractivity contribution in [3.8, 4) is 0 Å². The van der Waals surface area contributed by atoms with Crippen molar-refractivity contribution in [1.82, 2.24) is 0 Å². The van der Waals surface area contributed by atoms with Gasteiger partial charge < -0.3 is 8.83 Å². The van der Waals surface area contributed by atoms with Crippen LogP contribution in [0.4, 0.5) is 0 Å². The lowest BCUT2D eigenvalue weighted by atomic mass is 9.95. The number of fused-ring (bicyclic) bond motifs is 7. The third-order valence-corrected chi connectivity index (χ3v) is 4.00. The minimum Gasteiger partial charge on any atom is -0.456 e. The zero-order valence-electron chi connectivity index (χ0n) is 11.1. The van der Waals surface area contributed by atoms with Crippen LogP contribution in [0.5, 0.6) is 0 Å². The minimum absolute atomic E-state index is 0.704. The summed E-state index contributed by atoms with van der Waals surface area (Å²) in [6, 6.07) is 17.8. The van der Waals surface area contributed by atoms with Crippen molar-refractivity contribution >= 4 is 57.2 Å². The van der Waals surface area contributed by atoms with E-state index in [1.54, 1.807) is 0 Å². The molecule has 21 heavy (non-hydrogen) atoms. The molecule has 0 atom stereocenters. The molecule has 2 aromatic heterocycles. The first-order chi connectivity index (χ1) is 10.3. The second-order valence-electron chi connectivity index (χ2n) is 5.27. The van der Waals surface area contributed by atoms with Crippen LogP contribution in [0.2, 0.25) is 0 Å². The fraction of sp³-hybridized carbons (Fsp3) is 0. The molecular weight excluding hydrogens is 259 g/mol. The summed E-state index contributed by atoms with van der Waals surface area (Å²) >= 11 is 0. The molecule has 0 N–H and O–H groups in total. The largest absolute Gasteiger partial charge is 0.456 e. The SMILES string of the molecule is [B]c1ccc2c(c1)oc1ccc3oc4ccccc4c3c12. The van der Waals surface area contributed by atoms with E-state index in [0.717, 1.165) is 43.9 Å². The van der Waals surface area contributed by atoms with Gasteiger partial charge in [0.05, 0.1) is 0 Å². The van der Waals surface area contributed by atoms with Gasteiger partial charge >= 0.3 is 0 Å². The fourth-order valence-corrected chi connectivity index (χ4v) is 3.10. The summed E-state index contributed by atoms with van der Waals surface area (Å²) in [5, 5.41) is 4.37. The van der Waals surface area contributed by atoms with Gasteiger partial charge in [-0.2, -0.15) is 0 Å². The Kier molecular flexibility index (Phi) is 1.94. The molecule has 2 heterocycles. The lowest BCUT2D eigenvalue weighted by Gasteiger charge is -1.94. The lowest BCUT2D eigenvalue weighted by molar-refractivity contribution is 0.663. The maximum Gasteiger partial charge on any atom is 0.136 e. The van der Waals surface area contributed by atoms with Gasteiger partial charge in [0.1, 0.15) is 30.2 Å². The molecule has 0 saturated carbocycles. The molecule has 0 spiro atoms. The molecule has 0 amide bonds. The molecule has 0 aliphatic carbocycles. The van der Waals surface area contributed by atoms with Crippen molar-refractivity contribution < 1.29 is 8.83 Å². The van der Waals surface area contributed by atoms with E-state index >= 15 is 0 Å². The van der Waals surface area contributed by atoms with E-state index in [0.29, 0.717) is 5.46 Å². The average molecular weight is 268 g/mol. The summed E-state index contributed by atoms with van der Waals surface area (Å²) in [7, 11) is 5.85. The third-order valence-electron chi connectivity index (χ3n) is 4.00. The highest BCUT2D eigenvalue weighted by molar-refractivity contribution is 6.34. The topological polar surface area (TPSA) is 26.3 Å². The number of rotatable bonds is 0. The quantitative estimate of drug-likeness (QED) is 0.392. The van der Waals surface area contributed by atoms with Gasteiger partial charge in [0, 0.05) is 21.5 Å². The zero-order valence-corrected chi connectivity index (χ0v) is 11.1. The van der Waals surface area contributed by atoms with Crippen molar-refractivity contribution in [2.24, 2.45) is 0 Å². The lowest BCUT2D eigenvalue weighted by Crippen LogP contribution is -1.98. The maximum absolute atomic E-state index is 5.94. The van der Waals surface area contributed by atoms with Crippen LogP contribution in [-0.4, -0.2) is 7.85 Å². The highest BCUT2D eigenvalue weighted by atomic mass is 16.3. The summed E-state index contributed by atoms with van der Waals surface area (Å²) in [6.07, 6.45) is 0. The van der Waals surface area contributed by atoms with Gasteiger partial charge in [-0.25, -0.2) is 0 Å². The third kappa shape index (κ3) is 1.38. The van der Waals surface area contributed by atoms with Gasteiger partial charge in [0.15, 0.2) is 0 Å². The van der Waals surface area contributed by atoms with Gasteiger partial charge in [-0.3, -0.25) is 0 Å². The standard InChI is InChI=1S/C18H9BO2/c19-10-5-6-12-16(9-10)21-15-8-7-14-17(18(12)15)11-3-1-2-4-13(11)20-14/h1-9H. The normalized spacial score (nSPS) is 12.0. The van der Waals surface area contributed by atoms with Crippen LogP contribution in [-0.2, 0) is 0 Å². The molecule has 0 bridgehead atoms. The Morgan fingerprint density at radius 3 is 2.10 bits per heavy atom. The Morgan fingerprint density at radius 2 is 1.29 bits per heavy atom. The highest BCUT2D eigenvalue weighted by Crippen LogP contribution is 2.39. The number of para-hydroxylation sites is 1. The molecule has 0 aliphatic rings. The van der Waals surface area contributed by atoms with Crippen molar-refractivity contribution in [2.45, 2.75) is 0 Å². The Bertz CT molecular complexity index is 1150. The number of furan rings is 2. The number of benzene rings is 3. The predicted octanol–water partition coefficient (Wildman–Crippen LogP) is 4.28. The maximum atomic E-state index is 5.94. The van der Waals surface area contributed by atoms with Crippen LogP contribution in [0, 0.1) is 0 Å². The van der Waals surface area contributed by atoms with Gasteiger partial charge in [0.25, 0.3) is 0 Å². The molecule has 0 unspecified atom stereocenters. The van der Waals surface area contributed by atoms with Crippen molar-refractivity contribution in [1.29, 1.82) is 0 Å². The summed E-state index contributed by atoms with van der Waals surface area (Å²) in [5.41, 5.74) is 4.14. The summed E-state index contributed by atoms with van der Waals surface area (Å²) in [5.74, 6) is 0. The molecule has 96 valence electrons. The van der Waals surface area contributed by atoms with Gasteiger partial charge in [-0.1, -0.05) is 35.8 Å². The van der Waals surface area contributed by atoms with Crippen LogP contribution >= 0.6 is 0 Å². The molecule has 2 radical (unpaired) electrons. The van der Waals surface area contributed by atoms with Gasteiger partial charge in [-0.05, 0) is 24.3 Å². The van der Waals surface area contributed by atoms with E-state index in [1.807, 2.05) is 48.5 Å². The Morgan fingerprint density at radius 1 is 0.619 bits per heavy atom. The molecular formula is C18H9BO2. The van der Waals surface area contributed by atoms with Crippen LogP contribution < -0.4 is 5.46 Å². The Balaban J connectivity index is 2.14. The van der Waals surface area contributed by atoms with E-state index in [-0.39, 0.29) is 0 Å². The average Bonchev–Trinajstić information content (AvgIpc) is 3.03. The first-order valence-electron chi connectivity index (χ1n) is 6.83. The predicted molar refractivity (Wildman–Crippen MR) is 86.4 cm³/mol. The first kappa shape index (κ1) is 11.0. The number of hydrogen-bond donors (Lipinski definition) is 0. The van der Waals surface area contributed by atoms with Crippen molar-refractivity contribution in [2.75, 3.05) is 0 Å². The first-order valence-corrected chi connectivity index (χ1v) is 6.83. The molecule has 3 heteroatoms. The fourth-order valence-electron chi connectivity index (χ4n) is 3.10. The van der Waals surface area contributed by atoms with Crippen molar-refractivity contribution in [3.05, 3.63) is 54.6 Å². The summed E-state index contributed by atoms with van der Waals surface area (Å²) in [4.78, 5) is 0. The van der Waals surface area contributed by atoms with E-state index in [1.165, 1.54) is 0 Å². The van der Waals surface area contributed by atoms with E-state index in [4.69, 9.17) is 16.7 Å². The zero-order chi connectivity index (χ0) is 14.0. The Labute approximate surface area is 121 Å². The second kappa shape index (κ2) is 3.70. The highest BCUT2D eigenvalue weighted by Gasteiger charge is 2.15. The Hall–Kier alpha value is -2.68. The van der Waals surface area contributed by atoms with Crippen molar-refractivity contribution in [3.63, 3.8) is 0 Å². The van der Waals surface area contributed by atoms with E-state index in [9.17, 15) is 0 Å². The summed E-state index contributed by atoms with van der Waals surface area (Å²) in [6.45, 7) is 0. The molecule has 0 aliphatic heterocycles. The summed E-state index contributed by atoms with van der Waals surface area (Å²) < 4.78 is 11.9. The molecule has 0 saturated heterocycles. The van der Waals surface area contributed by atoms with Crippen LogP contribution in [0.3, 0.4) is 0 Å². The molecule has 5 aromatic rings. The van der Waals surface area contributed by atoms with Crippen LogP contribution in [0.15, 0.2) is 63.4 Å². The number of hydrogen-bond acceptors (Lipinski definition) is 2. The molecule has 5 rings (SSSR count). The van der Waals surface area contributed by atoms with E-state index in [2.05, 4.69) is 6.07 Å². The van der Waals surface area contributed by atoms with Crippen LogP contribution in [0.25, 0.3) is 43.9 Å². The molecule has 2 nitrogen and oxygen atoms in total. The monoisotopic (exact) mass is 268 g/mol. The van der Waals surface area contributed by atoms with Gasteiger partial charge in [-0.15, -0.1) is 0 Å². The van der Waals surface area contributed by atoms with Gasteiger partial charge in [0.2, 0.25) is 0 Å².